The minimum absolute atomic E-state index is 0.281. The fourth-order valence-corrected chi connectivity index (χ4v) is 6.05. The average Bonchev–Trinajstić information content (AvgIpc) is 3.51. The number of ether oxygens (including phenoxy) is 2. The van der Waals surface area contributed by atoms with Crippen LogP contribution in [0.15, 0.2) is 48.7 Å². The van der Waals surface area contributed by atoms with Crippen molar-refractivity contribution in [1.82, 2.24) is 15.0 Å². The van der Waals surface area contributed by atoms with Crippen molar-refractivity contribution in [2.45, 2.75) is 25.3 Å². The van der Waals surface area contributed by atoms with Gasteiger partial charge in [-0.25, -0.2) is 9.97 Å². The monoisotopic (exact) mass is 426 g/mol. The number of nitrogens with zero attached hydrogens (tertiary/aromatic N) is 3. The van der Waals surface area contributed by atoms with Gasteiger partial charge in [-0.3, -0.25) is 4.98 Å². The first kappa shape index (κ1) is 17.3. The van der Waals surface area contributed by atoms with E-state index in [-0.39, 0.29) is 6.79 Å². The normalized spacial score (nSPS) is 17.8. The minimum atomic E-state index is 0.281. The highest BCUT2D eigenvalue weighted by molar-refractivity contribution is 7.19. The van der Waals surface area contributed by atoms with Crippen LogP contribution in [0.5, 0.6) is 11.5 Å². The number of benzene rings is 1. The quantitative estimate of drug-likeness (QED) is 0.473. The number of anilines is 1. The van der Waals surface area contributed by atoms with Crippen LogP contribution in [0.3, 0.4) is 0 Å². The molecule has 6 nitrogen and oxygen atoms in total. The molecule has 0 bridgehead atoms. The first-order valence-corrected chi connectivity index (χ1v) is 11.3. The number of rotatable bonds is 4. The summed E-state index contributed by atoms with van der Waals surface area (Å²) >= 11 is 1.81. The van der Waals surface area contributed by atoms with Gasteiger partial charge in [-0.15, -0.1) is 11.3 Å². The number of pyridine rings is 1. The van der Waals surface area contributed by atoms with Crippen molar-refractivity contribution in [3.63, 3.8) is 0 Å². The topological polar surface area (TPSA) is 69.2 Å². The Kier molecular flexibility index (Phi) is 3.63. The Morgan fingerprint density at radius 3 is 3.00 bits per heavy atom. The fraction of sp³-hybridized carbons (Fsp3) is 0.208. The highest BCUT2D eigenvalue weighted by atomic mass is 32.1. The molecule has 3 aromatic heterocycles. The summed E-state index contributed by atoms with van der Waals surface area (Å²) in [4.78, 5) is 16.8. The largest absolute Gasteiger partial charge is 0.454 e. The molecular weight excluding hydrogens is 408 g/mol. The first-order chi connectivity index (χ1) is 15.3. The number of fused-ring (bicyclic) bond motifs is 7. The third-order valence-electron chi connectivity index (χ3n) is 6.17. The molecule has 1 aliphatic heterocycles. The van der Waals surface area contributed by atoms with Crippen LogP contribution in [-0.2, 0) is 6.54 Å². The summed E-state index contributed by atoms with van der Waals surface area (Å²) in [6.45, 7) is 0.918. The van der Waals surface area contributed by atoms with Crippen molar-refractivity contribution in [3.05, 3.63) is 64.7 Å². The van der Waals surface area contributed by atoms with E-state index < -0.39 is 0 Å². The van der Waals surface area contributed by atoms with Crippen LogP contribution in [0, 0.1) is 0 Å². The molecule has 3 aliphatic rings. The third kappa shape index (κ3) is 2.59. The number of thiophene rings is 1. The summed E-state index contributed by atoms with van der Waals surface area (Å²) in [5.74, 6) is 3.70. The lowest BCUT2D eigenvalue weighted by atomic mass is 9.80. The minimum Gasteiger partial charge on any atom is -0.454 e. The van der Waals surface area contributed by atoms with E-state index >= 15 is 0 Å². The Hall–Kier alpha value is -3.45. The molecule has 7 heteroatoms. The van der Waals surface area contributed by atoms with Gasteiger partial charge in [0.15, 0.2) is 17.3 Å². The number of allylic oxidation sites excluding steroid dienone is 2. The fourth-order valence-electron chi connectivity index (χ4n) is 4.70. The first-order valence-electron chi connectivity index (χ1n) is 10.4. The van der Waals surface area contributed by atoms with Gasteiger partial charge in [-0.1, -0.05) is 18.2 Å². The third-order valence-corrected chi connectivity index (χ3v) is 7.37. The molecule has 4 aromatic rings. The Morgan fingerprint density at radius 1 is 1.10 bits per heavy atom. The van der Waals surface area contributed by atoms with Gasteiger partial charge in [0.1, 0.15) is 16.3 Å². The van der Waals surface area contributed by atoms with Gasteiger partial charge in [-0.05, 0) is 48.2 Å². The zero-order valence-electron chi connectivity index (χ0n) is 16.6. The van der Waals surface area contributed by atoms with Gasteiger partial charge in [0.05, 0.1) is 5.39 Å². The number of nitrogens with one attached hydrogen (secondary N) is 1. The van der Waals surface area contributed by atoms with E-state index in [4.69, 9.17) is 19.4 Å². The predicted molar refractivity (Wildman–Crippen MR) is 120 cm³/mol. The van der Waals surface area contributed by atoms with Crippen molar-refractivity contribution in [3.8, 4) is 23.0 Å². The van der Waals surface area contributed by atoms with E-state index in [0.717, 1.165) is 45.2 Å². The van der Waals surface area contributed by atoms with Crippen LogP contribution in [0.4, 0.5) is 5.82 Å². The van der Waals surface area contributed by atoms with Gasteiger partial charge < -0.3 is 14.8 Å². The molecule has 0 saturated heterocycles. The van der Waals surface area contributed by atoms with E-state index in [1.54, 1.807) is 17.5 Å². The molecule has 2 aliphatic carbocycles. The second kappa shape index (κ2) is 6.52. The van der Waals surface area contributed by atoms with E-state index in [0.29, 0.717) is 18.3 Å². The maximum absolute atomic E-state index is 5.53. The van der Waals surface area contributed by atoms with E-state index in [1.165, 1.54) is 22.4 Å². The molecular formula is C24H18N4O2S. The zero-order chi connectivity index (χ0) is 20.4. The predicted octanol–water partition coefficient (Wildman–Crippen LogP) is 5.37. The second-order valence-corrected chi connectivity index (χ2v) is 8.99. The van der Waals surface area contributed by atoms with Crippen LogP contribution < -0.4 is 14.8 Å². The average molecular weight is 427 g/mol. The number of hydrogen-bond donors (Lipinski definition) is 1. The molecule has 31 heavy (non-hydrogen) atoms. The Labute approximate surface area is 182 Å². The summed E-state index contributed by atoms with van der Waals surface area (Å²) < 4.78 is 11.0. The molecule has 4 heterocycles. The zero-order valence-corrected chi connectivity index (χ0v) is 17.4. The van der Waals surface area contributed by atoms with Gasteiger partial charge in [0.25, 0.3) is 0 Å². The van der Waals surface area contributed by atoms with Gasteiger partial charge in [0, 0.05) is 29.1 Å². The van der Waals surface area contributed by atoms with Gasteiger partial charge >= 0.3 is 0 Å². The SMILES string of the molecule is C1=C2c3c(sc4nc(-c5ccccn5)nc(NCc5ccc6c(c5)OCO6)c34)C2CC1. The van der Waals surface area contributed by atoms with Gasteiger partial charge in [-0.2, -0.15) is 0 Å². The van der Waals surface area contributed by atoms with Crippen LogP contribution in [0.2, 0.25) is 0 Å². The number of hydrogen-bond acceptors (Lipinski definition) is 7. The highest BCUT2D eigenvalue weighted by Gasteiger charge is 2.39. The summed E-state index contributed by atoms with van der Waals surface area (Å²) in [5, 5.41) is 4.72. The standard InChI is InChI=1S/C24H18N4O2S/c1-2-9-25-16(6-1)22-27-23(26-11-13-7-8-17-18(10-13)30-12-29-17)20-19-14-4-3-5-15(14)21(19)31-24(20)28-22/h1-2,4,6-10,15H,3,5,11-12H2,(H,26,27,28). The molecule has 0 fully saturated rings. The Balaban J connectivity index is 1.32. The molecule has 7 rings (SSSR count). The molecule has 1 atom stereocenters. The summed E-state index contributed by atoms with van der Waals surface area (Å²) in [6.07, 6.45) is 6.54. The van der Waals surface area contributed by atoms with Crippen molar-refractivity contribution in [2.75, 3.05) is 12.1 Å². The number of aromatic nitrogens is 3. The van der Waals surface area contributed by atoms with E-state index in [2.05, 4.69) is 22.4 Å². The molecule has 0 radical (unpaired) electrons. The summed E-state index contributed by atoms with van der Waals surface area (Å²) in [5.41, 5.74) is 4.72. The molecule has 1 aromatic carbocycles. The molecule has 0 amide bonds. The Bertz CT molecular complexity index is 1380. The van der Waals surface area contributed by atoms with E-state index in [9.17, 15) is 0 Å². The van der Waals surface area contributed by atoms with Crippen molar-refractivity contribution < 1.29 is 9.47 Å². The highest BCUT2D eigenvalue weighted by Crippen LogP contribution is 2.59. The molecule has 152 valence electrons. The summed E-state index contributed by atoms with van der Waals surface area (Å²) in [6, 6.07) is 11.9. The second-order valence-electron chi connectivity index (χ2n) is 7.96. The maximum Gasteiger partial charge on any atom is 0.231 e. The lowest BCUT2D eigenvalue weighted by Crippen LogP contribution is -2.10. The molecule has 1 unspecified atom stereocenters. The molecule has 0 saturated carbocycles. The smallest absolute Gasteiger partial charge is 0.231 e. The van der Waals surface area contributed by atoms with Crippen LogP contribution >= 0.6 is 11.3 Å². The van der Waals surface area contributed by atoms with E-state index in [1.807, 2.05) is 30.3 Å². The molecule has 1 N–H and O–H groups in total. The van der Waals surface area contributed by atoms with Crippen molar-refractivity contribution >= 4 is 32.9 Å². The van der Waals surface area contributed by atoms with Crippen LogP contribution in [0.1, 0.15) is 34.8 Å². The van der Waals surface area contributed by atoms with Gasteiger partial charge in [0.2, 0.25) is 6.79 Å². The van der Waals surface area contributed by atoms with Crippen LogP contribution in [0.25, 0.3) is 27.3 Å². The maximum atomic E-state index is 5.53. The lowest BCUT2D eigenvalue weighted by Gasteiger charge is -2.26. The van der Waals surface area contributed by atoms with Crippen molar-refractivity contribution in [1.29, 1.82) is 0 Å². The van der Waals surface area contributed by atoms with Crippen molar-refractivity contribution in [2.24, 2.45) is 0 Å². The molecule has 0 spiro atoms. The Morgan fingerprint density at radius 2 is 2.06 bits per heavy atom. The lowest BCUT2D eigenvalue weighted by molar-refractivity contribution is 0.174. The summed E-state index contributed by atoms with van der Waals surface area (Å²) in [7, 11) is 0. The van der Waals surface area contributed by atoms with Crippen LogP contribution in [-0.4, -0.2) is 21.7 Å².